The number of rotatable bonds is 4. The van der Waals surface area contributed by atoms with Gasteiger partial charge in [0, 0.05) is 31.3 Å². The number of piperidine rings is 1. The summed E-state index contributed by atoms with van der Waals surface area (Å²) in [5.41, 5.74) is -0.688. The van der Waals surface area contributed by atoms with E-state index in [1.807, 2.05) is 20.8 Å². The average molecular weight is 337 g/mol. The van der Waals surface area contributed by atoms with Crippen molar-refractivity contribution in [1.29, 1.82) is 0 Å². The van der Waals surface area contributed by atoms with E-state index < -0.39 is 10.5 Å². The average Bonchev–Trinajstić information content (AvgIpc) is 2.52. The number of nitro groups is 1. The number of ether oxygens (including phenoxy) is 2. The molecule has 2 rings (SSSR count). The summed E-state index contributed by atoms with van der Waals surface area (Å²) in [7, 11) is 0. The van der Waals surface area contributed by atoms with Gasteiger partial charge >= 0.3 is 11.8 Å². The Morgan fingerprint density at radius 3 is 2.92 bits per heavy atom. The molecule has 8 nitrogen and oxygen atoms in total. The summed E-state index contributed by atoms with van der Waals surface area (Å²) in [4.78, 5) is 28.2. The highest BCUT2D eigenvalue weighted by Crippen LogP contribution is 2.25. The fourth-order valence-electron chi connectivity index (χ4n) is 2.52. The van der Waals surface area contributed by atoms with Gasteiger partial charge in [-0.2, -0.15) is 0 Å². The molecule has 8 heteroatoms. The minimum atomic E-state index is -0.533. The van der Waals surface area contributed by atoms with Crippen LogP contribution in [0.15, 0.2) is 18.3 Å². The zero-order valence-electron chi connectivity index (χ0n) is 14.2. The molecule has 132 valence electrons. The molecule has 0 unspecified atom stereocenters. The summed E-state index contributed by atoms with van der Waals surface area (Å²) < 4.78 is 10.9. The van der Waals surface area contributed by atoms with Gasteiger partial charge in [-0.25, -0.2) is 9.78 Å². The molecule has 24 heavy (non-hydrogen) atoms. The highest BCUT2D eigenvalue weighted by molar-refractivity contribution is 5.68. The maximum atomic E-state index is 12.1. The van der Waals surface area contributed by atoms with Gasteiger partial charge in [0.05, 0.1) is 11.5 Å². The lowest BCUT2D eigenvalue weighted by Gasteiger charge is -2.33. The van der Waals surface area contributed by atoms with Gasteiger partial charge in [0.15, 0.2) is 0 Å². The first-order chi connectivity index (χ1) is 11.3. The predicted molar refractivity (Wildman–Crippen MR) is 86.9 cm³/mol. The standard InChI is InChI=1S/C16H23N3O5/c1-16(2,3)24-15(20)18-9-5-6-12(10-18)11-23-14-13(19(21)22)7-4-8-17-14/h4,7-8,12H,5-6,9-11H2,1-3H3/t12-/m1/s1. The quantitative estimate of drug-likeness (QED) is 0.619. The first-order valence-corrected chi connectivity index (χ1v) is 7.96. The van der Waals surface area contributed by atoms with Crippen molar-refractivity contribution in [2.45, 2.75) is 39.2 Å². The van der Waals surface area contributed by atoms with Crippen LogP contribution in [0, 0.1) is 16.0 Å². The lowest BCUT2D eigenvalue weighted by atomic mass is 9.99. The molecule has 1 saturated heterocycles. The second kappa shape index (κ2) is 7.46. The van der Waals surface area contributed by atoms with Crippen LogP contribution in [0.3, 0.4) is 0 Å². The molecule has 1 aliphatic rings. The Hall–Kier alpha value is -2.38. The first-order valence-electron chi connectivity index (χ1n) is 7.96. The fraction of sp³-hybridized carbons (Fsp3) is 0.625. The number of hydrogen-bond acceptors (Lipinski definition) is 6. The van der Waals surface area contributed by atoms with Crippen molar-refractivity contribution < 1.29 is 19.2 Å². The first kappa shape index (κ1) is 18.0. The molecule has 1 amide bonds. The number of carbonyl (C=O) groups is 1. The minimum absolute atomic E-state index is 0.0110. The number of aromatic nitrogens is 1. The molecule has 2 heterocycles. The second-order valence-corrected chi connectivity index (χ2v) is 6.83. The van der Waals surface area contributed by atoms with E-state index in [4.69, 9.17) is 9.47 Å². The van der Waals surface area contributed by atoms with Crippen molar-refractivity contribution in [3.63, 3.8) is 0 Å². The van der Waals surface area contributed by atoms with Crippen LogP contribution in [0.5, 0.6) is 5.88 Å². The van der Waals surface area contributed by atoms with Crippen LogP contribution in [-0.2, 0) is 4.74 Å². The third kappa shape index (κ3) is 5.07. The molecule has 0 N–H and O–H groups in total. The Bertz CT molecular complexity index is 600. The molecule has 1 aromatic rings. The number of likely N-dealkylation sites (tertiary alicyclic amines) is 1. The van der Waals surface area contributed by atoms with Gasteiger partial charge in [-0.15, -0.1) is 0 Å². The van der Waals surface area contributed by atoms with E-state index in [1.54, 1.807) is 4.90 Å². The Morgan fingerprint density at radius 2 is 2.25 bits per heavy atom. The number of pyridine rings is 1. The summed E-state index contributed by atoms with van der Waals surface area (Å²) in [5, 5.41) is 11.0. The van der Waals surface area contributed by atoms with Crippen molar-refractivity contribution in [2.75, 3.05) is 19.7 Å². The van der Waals surface area contributed by atoms with Crippen molar-refractivity contribution in [3.05, 3.63) is 28.4 Å². The molecule has 0 saturated carbocycles. The van der Waals surface area contributed by atoms with Crippen LogP contribution in [0.4, 0.5) is 10.5 Å². The van der Waals surface area contributed by atoms with Gasteiger partial charge in [0.2, 0.25) is 0 Å². The van der Waals surface area contributed by atoms with Crippen LogP contribution in [0.1, 0.15) is 33.6 Å². The largest absolute Gasteiger partial charge is 0.472 e. The molecule has 0 aliphatic carbocycles. The van der Waals surface area contributed by atoms with Crippen molar-refractivity contribution in [3.8, 4) is 5.88 Å². The summed E-state index contributed by atoms with van der Waals surface area (Å²) in [5.74, 6) is 0.102. The smallest absolute Gasteiger partial charge is 0.410 e. The molecule has 1 fully saturated rings. The molecule has 0 aromatic carbocycles. The lowest BCUT2D eigenvalue weighted by Crippen LogP contribution is -2.44. The summed E-state index contributed by atoms with van der Waals surface area (Å²) >= 11 is 0. The van der Waals surface area contributed by atoms with Gasteiger partial charge in [0.25, 0.3) is 5.88 Å². The SMILES string of the molecule is CC(C)(C)OC(=O)N1CCC[C@@H](COc2ncccc2[N+](=O)[O-])C1. The Labute approximate surface area is 140 Å². The molecule has 1 aliphatic heterocycles. The van der Waals surface area contributed by atoms with Gasteiger partial charge in [-0.05, 0) is 39.7 Å². The zero-order chi connectivity index (χ0) is 17.7. The third-order valence-corrected chi connectivity index (χ3v) is 3.57. The van der Waals surface area contributed by atoms with Crippen molar-refractivity contribution in [2.24, 2.45) is 5.92 Å². The molecular formula is C16H23N3O5. The molecular weight excluding hydrogens is 314 g/mol. The molecule has 0 radical (unpaired) electrons. The number of carbonyl (C=O) groups excluding carboxylic acids is 1. The zero-order valence-corrected chi connectivity index (χ0v) is 14.2. The Kier molecular flexibility index (Phi) is 5.58. The monoisotopic (exact) mass is 337 g/mol. The van der Waals surface area contributed by atoms with Gasteiger partial charge in [-0.3, -0.25) is 10.1 Å². The second-order valence-electron chi connectivity index (χ2n) is 6.83. The van der Waals surface area contributed by atoms with Crippen LogP contribution >= 0.6 is 0 Å². The topological polar surface area (TPSA) is 94.8 Å². The summed E-state index contributed by atoms with van der Waals surface area (Å²) in [6, 6.07) is 2.85. The van der Waals surface area contributed by atoms with Crippen molar-refractivity contribution in [1.82, 2.24) is 9.88 Å². The van der Waals surface area contributed by atoms with E-state index in [0.29, 0.717) is 13.1 Å². The molecule has 1 aromatic heterocycles. The third-order valence-electron chi connectivity index (χ3n) is 3.57. The van der Waals surface area contributed by atoms with Crippen LogP contribution < -0.4 is 4.74 Å². The highest BCUT2D eigenvalue weighted by Gasteiger charge is 2.28. The molecule has 1 atom stereocenters. The maximum absolute atomic E-state index is 12.1. The van der Waals surface area contributed by atoms with E-state index in [0.717, 1.165) is 12.8 Å². The van der Waals surface area contributed by atoms with E-state index >= 15 is 0 Å². The lowest BCUT2D eigenvalue weighted by molar-refractivity contribution is -0.386. The Balaban J connectivity index is 1.92. The highest BCUT2D eigenvalue weighted by atomic mass is 16.6. The van der Waals surface area contributed by atoms with E-state index in [2.05, 4.69) is 4.98 Å². The van der Waals surface area contributed by atoms with Gasteiger partial charge in [-0.1, -0.05) is 0 Å². The van der Waals surface area contributed by atoms with Gasteiger partial charge in [0.1, 0.15) is 5.60 Å². The summed E-state index contributed by atoms with van der Waals surface area (Å²) in [6.07, 6.45) is 2.85. The van der Waals surface area contributed by atoms with Gasteiger partial charge < -0.3 is 14.4 Å². The number of hydrogen-bond donors (Lipinski definition) is 0. The predicted octanol–water partition coefficient (Wildman–Crippen LogP) is 3.02. The number of amides is 1. The minimum Gasteiger partial charge on any atom is -0.472 e. The Morgan fingerprint density at radius 1 is 1.50 bits per heavy atom. The summed E-state index contributed by atoms with van der Waals surface area (Å²) in [6.45, 7) is 6.92. The maximum Gasteiger partial charge on any atom is 0.410 e. The fourth-order valence-corrected chi connectivity index (χ4v) is 2.52. The molecule has 0 bridgehead atoms. The normalized spacial score (nSPS) is 18.1. The van der Waals surface area contributed by atoms with E-state index in [1.165, 1.54) is 18.3 Å². The van der Waals surface area contributed by atoms with Crippen LogP contribution in [-0.4, -0.2) is 46.2 Å². The van der Waals surface area contributed by atoms with E-state index in [9.17, 15) is 14.9 Å². The van der Waals surface area contributed by atoms with Crippen molar-refractivity contribution >= 4 is 11.8 Å². The van der Waals surface area contributed by atoms with Crippen LogP contribution in [0.2, 0.25) is 0 Å². The molecule has 0 spiro atoms. The van der Waals surface area contributed by atoms with Crippen LogP contribution in [0.25, 0.3) is 0 Å². The number of nitrogens with zero attached hydrogens (tertiary/aromatic N) is 3. The van der Waals surface area contributed by atoms with E-state index in [-0.39, 0.29) is 30.2 Å².